The Bertz CT molecular complexity index is 794. The molecule has 0 saturated heterocycles. The van der Waals surface area contributed by atoms with E-state index in [9.17, 15) is 59.1 Å². The quantitative estimate of drug-likeness (QED) is 0.157. The fourth-order valence-corrected chi connectivity index (χ4v) is 6.22. The van der Waals surface area contributed by atoms with E-state index in [-0.39, 0.29) is 31.1 Å². The molecular weight excluding hydrogens is 522 g/mol. The lowest BCUT2D eigenvalue weighted by molar-refractivity contribution is -0.777. The maximum Gasteiger partial charge on any atom is 0.460 e. The Balaban J connectivity index is 1.87. The molecule has 4 aliphatic rings. The van der Waals surface area contributed by atoms with Crippen LogP contribution in [0.15, 0.2) is 0 Å². The first-order valence-corrected chi connectivity index (χ1v) is 10.4. The smallest absolute Gasteiger partial charge is 0.460 e. The summed E-state index contributed by atoms with van der Waals surface area (Å²) in [4.78, 5) is 12.2. The summed E-state index contributed by atoms with van der Waals surface area (Å²) in [5.41, 5.74) is -2.27. The molecule has 34 heavy (non-hydrogen) atoms. The first-order valence-electron chi connectivity index (χ1n) is 9.69. The lowest BCUT2D eigenvalue weighted by Gasteiger charge is -2.59. The standard InChI is InChI=1S/C17H18F10O6S/c18-13(34-33-32-30,14(19,20)15(21,22)16(23,24)17(25,26)27)10(28)31-7-11-2-8-1-9(3-11)5-12(29,4-8)6-11/h8-9,29-30H,1-7H2/p-1. The molecule has 6 nitrogen and oxygen atoms in total. The molecule has 4 aliphatic carbocycles. The largest absolute Gasteiger partial charge is 0.691 e. The van der Waals surface area contributed by atoms with Gasteiger partial charge < -0.3 is 15.1 Å². The van der Waals surface area contributed by atoms with Crippen molar-refractivity contribution in [1.82, 2.24) is 0 Å². The number of halogens is 10. The minimum Gasteiger partial charge on any atom is -0.691 e. The average molecular weight is 539 g/mol. The van der Waals surface area contributed by atoms with Crippen LogP contribution < -0.4 is 5.26 Å². The molecule has 0 aromatic carbocycles. The number of rotatable bonds is 9. The molecule has 0 spiro atoms. The van der Waals surface area contributed by atoms with Gasteiger partial charge >= 0.3 is 34.9 Å². The van der Waals surface area contributed by atoms with Crippen LogP contribution in [-0.2, 0) is 18.9 Å². The Hall–Kier alpha value is -1.04. The van der Waals surface area contributed by atoms with E-state index < -0.39 is 64.6 Å². The number of hydrogen-bond acceptors (Lipinski definition) is 7. The molecule has 4 rings (SSSR count). The van der Waals surface area contributed by atoms with E-state index in [2.05, 4.69) is 14.1 Å². The Morgan fingerprint density at radius 2 is 1.44 bits per heavy atom. The van der Waals surface area contributed by atoms with Gasteiger partial charge in [-0.05, 0) is 50.4 Å². The predicted molar refractivity (Wildman–Crippen MR) is 87.5 cm³/mol. The SMILES string of the molecule is O=C(OCC12CC3CC(CC(O)(C3)C1)C2)C(F)(SOO[O-])C(F)(F)C(F)(F)C(F)(F)C(F)(F)F. The van der Waals surface area contributed by atoms with E-state index in [0.29, 0.717) is 19.3 Å². The van der Waals surface area contributed by atoms with Crippen molar-refractivity contribution in [1.29, 1.82) is 0 Å². The molecule has 17 heteroatoms. The zero-order chi connectivity index (χ0) is 26.0. The van der Waals surface area contributed by atoms with Gasteiger partial charge in [-0.25, -0.2) is 9.18 Å². The van der Waals surface area contributed by atoms with Crippen LogP contribution in [0.2, 0.25) is 0 Å². The van der Waals surface area contributed by atoms with Crippen molar-refractivity contribution >= 4 is 18.0 Å². The zero-order valence-electron chi connectivity index (χ0n) is 16.8. The highest BCUT2D eigenvalue weighted by molar-refractivity contribution is 7.96. The van der Waals surface area contributed by atoms with E-state index in [1.807, 2.05) is 0 Å². The zero-order valence-corrected chi connectivity index (χ0v) is 17.6. The molecule has 4 fully saturated rings. The highest BCUT2D eigenvalue weighted by Crippen LogP contribution is 2.63. The van der Waals surface area contributed by atoms with Gasteiger partial charge in [0.15, 0.2) is 0 Å². The molecule has 4 saturated carbocycles. The second kappa shape index (κ2) is 8.24. The van der Waals surface area contributed by atoms with Crippen LogP contribution in [0.3, 0.4) is 0 Å². The van der Waals surface area contributed by atoms with Crippen molar-refractivity contribution in [2.75, 3.05) is 6.61 Å². The van der Waals surface area contributed by atoms with E-state index >= 15 is 0 Å². The second-order valence-corrected chi connectivity index (χ2v) is 10.2. The fourth-order valence-electron chi connectivity index (χ4n) is 5.73. The summed E-state index contributed by atoms with van der Waals surface area (Å²) in [7, 11) is 0. The summed E-state index contributed by atoms with van der Waals surface area (Å²) in [5, 5.41) is 17.2. The molecule has 198 valence electrons. The number of esters is 1. The number of carbonyl (C=O) groups is 1. The summed E-state index contributed by atoms with van der Waals surface area (Å²) in [6.07, 6.45) is -5.24. The molecule has 3 atom stereocenters. The van der Waals surface area contributed by atoms with Crippen molar-refractivity contribution < 1.29 is 73.2 Å². The maximum atomic E-state index is 15.0. The van der Waals surface area contributed by atoms with Gasteiger partial charge in [0, 0.05) is 5.41 Å². The Kier molecular flexibility index (Phi) is 6.68. The summed E-state index contributed by atoms with van der Waals surface area (Å²) in [5.74, 6) is -25.3. The Labute approximate surface area is 188 Å². The van der Waals surface area contributed by atoms with Crippen molar-refractivity contribution in [3.05, 3.63) is 0 Å². The normalized spacial score (nSPS) is 33.6. The Morgan fingerprint density at radius 1 is 0.912 bits per heavy atom. The summed E-state index contributed by atoms with van der Waals surface area (Å²) in [6, 6.07) is 0. The van der Waals surface area contributed by atoms with Gasteiger partial charge in [0.25, 0.3) is 0 Å². The average Bonchev–Trinajstić information content (AvgIpc) is 2.67. The van der Waals surface area contributed by atoms with Crippen molar-refractivity contribution in [3.63, 3.8) is 0 Å². The monoisotopic (exact) mass is 539 g/mol. The van der Waals surface area contributed by atoms with Gasteiger partial charge in [-0.15, -0.1) is 0 Å². The van der Waals surface area contributed by atoms with Gasteiger partial charge in [-0.2, -0.15) is 43.8 Å². The third-order valence-electron chi connectivity index (χ3n) is 6.65. The molecule has 0 heterocycles. The van der Waals surface area contributed by atoms with Crippen molar-refractivity contribution in [2.24, 2.45) is 17.3 Å². The molecule has 0 aliphatic heterocycles. The molecular formula is C17H17F10O6S-. The number of ether oxygens (including phenoxy) is 1. The number of alkyl halides is 10. The van der Waals surface area contributed by atoms with Crippen molar-refractivity contribution in [2.45, 2.75) is 73.1 Å². The highest BCUT2D eigenvalue weighted by atomic mass is 32.2. The molecule has 0 amide bonds. The molecule has 0 aromatic rings. The predicted octanol–water partition coefficient (Wildman–Crippen LogP) is 3.87. The van der Waals surface area contributed by atoms with Crippen LogP contribution in [0.4, 0.5) is 43.9 Å². The molecule has 0 aromatic heterocycles. The van der Waals surface area contributed by atoms with Crippen LogP contribution in [-0.4, -0.2) is 52.2 Å². The first-order chi connectivity index (χ1) is 15.3. The fraction of sp³-hybridized carbons (Fsp3) is 0.941. The minimum absolute atomic E-state index is 0.0222. The first kappa shape index (κ1) is 27.5. The third kappa shape index (κ3) is 4.14. The van der Waals surface area contributed by atoms with Gasteiger partial charge in [0.1, 0.15) is 0 Å². The van der Waals surface area contributed by atoms with Crippen LogP contribution in [0.25, 0.3) is 0 Å². The van der Waals surface area contributed by atoms with E-state index in [4.69, 9.17) is 0 Å². The van der Waals surface area contributed by atoms with E-state index in [1.165, 1.54) is 0 Å². The lowest BCUT2D eigenvalue weighted by Crippen LogP contribution is -2.68. The van der Waals surface area contributed by atoms with Crippen LogP contribution >= 0.6 is 12.0 Å². The van der Waals surface area contributed by atoms with Crippen LogP contribution in [0.5, 0.6) is 0 Å². The van der Waals surface area contributed by atoms with Crippen LogP contribution in [0.1, 0.15) is 38.5 Å². The highest BCUT2D eigenvalue weighted by Gasteiger charge is 2.88. The number of hydrogen-bond donors (Lipinski definition) is 1. The van der Waals surface area contributed by atoms with E-state index in [0.717, 1.165) is 0 Å². The summed E-state index contributed by atoms with van der Waals surface area (Å²) in [6.45, 7) is -0.928. The van der Waals surface area contributed by atoms with Crippen LogP contribution in [0, 0.1) is 17.3 Å². The van der Waals surface area contributed by atoms with Gasteiger partial charge in [0.2, 0.25) is 0 Å². The topological polar surface area (TPSA) is 88.1 Å². The molecule has 4 bridgehead atoms. The summed E-state index contributed by atoms with van der Waals surface area (Å²) < 4.78 is 142. The van der Waals surface area contributed by atoms with Gasteiger partial charge in [0.05, 0.1) is 24.3 Å². The summed E-state index contributed by atoms with van der Waals surface area (Å²) >= 11 is -1.85. The molecule has 1 N–H and O–H groups in total. The molecule has 3 unspecified atom stereocenters. The third-order valence-corrected chi connectivity index (χ3v) is 7.42. The second-order valence-electron chi connectivity index (χ2n) is 9.30. The minimum atomic E-state index is -7.54. The Morgan fingerprint density at radius 3 is 1.88 bits per heavy atom. The van der Waals surface area contributed by atoms with E-state index in [1.54, 1.807) is 0 Å². The van der Waals surface area contributed by atoms with Crippen molar-refractivity contribution in [3.8, 4) is 0 Å². The number of aliphatic hydroxyl groups is 1. The molecule has 0 radical (unpaired) electrons. The van der Waals surface area contributed by atoms with Gasteiger partial charge in [-0.1, -0.05) is 0 Å². The van der Waals surface area contributed by atoms with Gasteiger partial charge in [-0.3, -0.25) is 5.04 Å². The number of carbonyl (C=O) groups excluding carboxylic acids is 1. The maximum absolute atomic E-state index is 15.0. The lowest BCUT2D eigenvalue weighted by atomic mass is 9.48.